The molecule has 2 nitrogen and oxygen atoms in total. The number of aromatic nitrogens is 1. The molecule has 4 heteroatoms. The summed E-state index contributed by atoms with van der Waals surface area (Å²) in [6, 6.07) is 3.87. The minimum absolute atomic E-state index is 0.126. The van der Waals surface area contributed by atoms with Crippen LogP contribution < -0.4 is 5.73 Å². The number of rotatable bonds is 4. The standard InChI is InChI=1S/C13H21ClN2S/c1-5-10(15)11(13(2,3)4)17-12-9(14)7-6-8-16-12/h6-8,10-11H,5,15H2,1-4H3. The SMILES string of the molecule is CCC(N)C(Sc1ncccc1Cl)C(C)(C)C. The number of nitrogens with two attached hydrogens (primary N) is 1. The van der Waals surface area contributed by atoms with Gasteiger partial charge in [0, 0.05) is 17.5 Å². The third-order valence-corrected chi connectivity index (χ3v) is 4.95. The highest BCUT2D eigenvalue weighted by molar-refractivity contribution is 8.00. The van der Waals surface area contributed by atoms with E-state index in [9.17, 15) is 0 Å². The largest absolute Gasteiger partial charge is 0.327 e. The third kappa shape index (κ3) is 4.16. The van der Waals surface area contributed by atoms with E-state index < -0.39 is 0 Å². The van der Waals surface area contributed by atoms with Crippen molar-refractivity contribution in [1.29, 1.82) is 0 Å². The normalized spacial score (nSPS) is 15.6. The van der Waals surface area contributed by atoms with Crippen molar-refractivity contribution in [2.75, 3.05) is 0 Å². The zero-order valence-electron chi connectivity index (χ0n) is 10.9. The molecule has 0 radical (unpaired) electrons. The highest BCUT2D eigenvalue weighted by Gasteiger charge is 2.31. The van der Waals surface area contributed by atoms with Crippen molar-refractivity contribution in [3.63, 3.8) is 0 Å². The monoisotopic (exact) mass is 272 g/mol. The van der Waals surface area contributed by atoms with Crippen LogP contribution in [-0.2, 0) is 0 Å². The fraction of sp³-hybridized carbons (Fsp3) is 0.615. The Labute approximate surface area is 113 Å². The molecule has 0 spiro atoms. The molecule has 0 saturated carbocycles. The van der Waals surface area contributed by atoms with Crippen molar-refractivity contribution < 1.29 is 0 Å². The predicted molar refractivity (Wildman–Crippen MR) is 76.6 cm³/mol. The Morgan fingerprint density at radius 3 is 2.59 bits per heavy atom. The number of hydrogen-bond donors (Lipinski definition) is 1. The van der Waals surface area contributed by atoms with E-state index in [-0.39, 0.29) is 11.5 Å². The number of thioether (sulfide) groups is 1. The highest BCUT2D eigenvalue weighted by Crippen LogP contribution is 2.39. The van der Waals surface area contributed by atoms with Gasteiger partial charge in [0.15, 0.2) is 0 Å². The third-order valence-electron chi connectivity index (χ3n) is 2.68. The summed E-state index contributed by atoms with van der Waals surface area (Å²) in [5.41, 5.74) is 6.34. The molecule has 96 valence electrons. The fourth-order valence-electron chi connectivity index (χ4n) is 1.70. The van der Waals surface area contributed by atoms with E-state index in [2.05, 4.69) is 32.7 Å². The molecule has 2 N–H and O–H groups in total. The summed E-state index contributed by atoms with van der Waals surface area (Å²) in [5.74, 6) is 0. The Balaban J connectivity index is 2.91. The second kappa shape index (κ2) is 6.07. The second-order valence-electron chi connectivity index (χ2n) is 5.27. The van der Waals surface area contributed by atoms with Crippen molar-refractivity contribution in [2.24, 2.45) is 11.1 Å². The Kier molecular flexibility index (Phi) is 5.29. The van der Waals surface area contributed by atoms with E-state index in [0.29, 0.717) is 10.3 Å². The molecule has 0 fully saturated rings. The van der Waals surface area contributed by atoms with Gasteiger partial charge < -0.3 is 5.73 Å². The topological polar surface area (TPSA) is 38.9 Å². The molecule has 0 aliphatic heterocycles. The lowest BCUT2D eigenvalue weighted by Crippen LogP contribution is -2.40. The van der Waals surface area contributed by atoms with Gasteiger partial charge in [-0.15, -0.1) is 0 Å². The number of halogens is 1. The molecule has 0 bridgehead atoms. The summed E-state index contributed by atoms with van der Waals surface area (Å²) in [5, 5.41) is 1.88. The molecule has 1 rings (SSSR count). The smallest absolute Gasteiger partial charge is 0.115 e. The van der Waals surface area contributed by atoms with Crippen LogP contribution >= 0.6 is 23.4 Å². The van der Waals surface area contributed by atoms with Gasteiger partial charge in [-0.2, -0.15) is 0 Å². The molecule has 0 aromatic carbocycles. The zero-order chi connectivity index (χ0) is 13.1. The van der Waals surface area contributed by atoms with Crippen molar-refractivity contribution in [3.8, 4) is 0 Å². The van der Waals surface area contributed by atoms with Gasteiger partial charge in [-0.3, -0.25) is 0 Å². The van der Waals surface area contributed by atoms with E-state index in [1.54, 1.807) is 18.0 Å². The molecule has 0 amide bonds. The first-order valence-electron chi connectivity index (χ1n) is 5.89. The average molecular weight is 273 g/mol. The van der Waals surface area contributed by atoms with Gasteiger partial charge in [0.1, 0.15) is 5.03 Å². The molecule has 1 heterocycles. The fourth-order valence-corrected chi connectivity index (χ4v) is 3.22. The van der Waals surface area contributed by atoms with Gasteiger partial charge in [-0.25, -0.2) is 4.98 Å². The summed E-state index contributed by atoms with van der Waals surface area (Å²) < 4.78 is 0. The van der Waals surface area contributed by atoms with Crippen LogP contribution in [-0.4, -0.2) is 16.3 Å². The van der Waals surface area contributed by atoms with Crippen LogP contribution in [0.4, 0.5) is 0 Å². The molecule has 0 aliphatic rings. The highest BCUT2D eigenvalue weighted by atomic mass is 35.5. The van der Waals surface area contributed by atoms with Crippen LogP contribution in [0, 0.1) is 5.41 Å². The minimum atomic E-state index is 0.126. The minimum Gasteiger partial charge on any atom is -0.327 e. The van der Waals surface area contributed by atoms with Crippen LogP contribution in [0.5, 0.6) is 0 Å². The lowest BCUT2D eigenvalue weighted by Gasteiger charge is -2.34. The van der Waals surface area contributed by atoms with Crippen molar-refractivity contribution in [1.82, 2.24) is 4.98 Å². The summed E-state index contributed by atoms with van der Waals surface area (Å²) in [6.45, 7) is 8.73. The van der Waals surface area contributed by atoms with E-state index in [1.165, 1.54) is 0 Å². The van der Waals surface area contributed by atoms with E-state index in [0.717, 1.165) is 11.4 Å². The quantitative estimate of drug-likeness (QED) is 0.843. The first-order valence-corrected chi connectivity index (χ1v) is 7.14. The van der Waals surface area contributed by atoms with Gasteiger partial charge in [0.05, 0.1) is 5.02 Å². The molecule has 1 aromatic rings. The van der Waals surface area contributed by atoms with E-state index >= 15 is 0 Å². The molecular weight excluding hydrogens is 252 g/mol. The maximum absolute atomic E-state index is 6.21. The molecule has 2 unspecified atom stereocenters. The Morgan fingerprint density at radius 2 is 2.12 bits per heavy atom. The maximum Gasteiger partial charge on any atom is 0.115 e. The van der Waals surface area contributed by atoms with E-state index in [4.69, 9.17) is 17.3 Å². The second-order valence-corrected chi connectivity index (χ2v) is 6.80. The number of pyridine rings is 1. The molecule has 0 saturated heterocycles. The molecule has 17 heavy (non-hydrogen) atoms. The van der Waals surface area contributed by atoms with E-state index in [1.807, 2.05) is 12.1 Å². The summed E-state index contributed by atoms with van der Waals surface area (Å²) >= 11 is 7.83. The molecule has 0 aliphatic carbocycles. The van der Waals surface area contributed by atoms with Crippen LogP contribution in [0.15, 0.2) is 23.4 Å². The summed E-state index contributed by atoms with van der Waals surface area (Å²) in [6.07, 6.45) is 2.73. The van der Waals surface area contributed by atoms with Crippen molar-refractivity contribution in [2.45, 2.75) is 50.4 Å². The Bertz CT molecular complexity index is 363. The number of hydrogen-bond acceptors (Lipinski definition) is 3. The first kappa shape index (κ1) is 14.8. The lowest BCUT2D eigenvalue weighted by atomic mass is 9.87. The Morgan fingerprint density at radius 1 is 1.47 bits per heavy atom. The van der Waals surface area contributed by atoms with Crippen LogP contribution in [0.3, 0.4) is 0 Å². The maximum atomic E-state index is 6.21. The van der Waals surface area contributed by atoms with Gasteiger partial charge in [-0.05, 0) is 24.0 Å². The average Bonchev–Trinajstić information content (AvgIpc) is 2.25. The van der Waals surface area contributed by atoms with Gasteiger partial charge >= 0.3 is 0 Å². The van der Waals surface area contributed by atoms with Gasteiger partial charge in [0.25, 0.3) is 0 Å². The zero-order valence-corrected chi connectivity index (χ0v) is 12.5. The molecule has 1 aromatic heterocycles. The Hall–Kier alpha value is -0.250. The van der Waals surface area contributed by atoms with Crippen molar-refractivity contribution in [3.05, 3.63) is 23.4 Å². The van der Waals surface area contributed by atoms with Crippen LogP contribution in [0.1, 0.15) is 34.1 Å². The lowest BCUT2D eigenvalue weighted by molar-refractivity contribution is 0.350. The molecule has 2 atom stereocenters. The van der Waals surface area contributed by atoms with Gasteiger partial charge in [0.2, 0.25) is 0 Å². The first-order chi connectivity index (χ1) is 7.86. The van der Waals surface area contributed by atoms with Crippen LogP contribution in [0.2, 0.25) is 5.02 Å². The van der Waals surface area contributed by atoms with Gasteiger partial charge in [-0.1, -0.05) is 51.1 Å². The van der Waals surface area contributed by atoms with Crippen LogP contribution in [0.25, 0.3) is 0 Å². The summed E-state index contributed by atoms with van der Waals surface area (Å²) in [4.78, 5) is 4.32. The summed E-state index contributed by atoms with van der Waals surface area (Å²) in [7, 11) is 0. The molecular formula is C13H21ClN2S. The van der Waals surface area contributed by atoms with Crippen molar-refractivity contribution >= 4 is 23.4 Å². The predicted octanol–water partition coefficient (Wildman–Crippen LogP) is 3.98. The number of nitrogens with zero attached hydrogens (tertiary/aromatic N) is 1.